The van der Waals surface area contributed by atoms with Crippen molar-refractivity contribution in [2.45, 2.75) is 12.2 Å². The lowest BCUT2D eigenvalue weighted by Crippen LogP contribution is -2.39. The van der Waals surface area contributed by atoms with Gasteiger partial charge in [0.25, 0.3) is 0 Å². The fraction of sp³-hybridized carbons (Fsp3) is 0.500. The van der Waals surface area contributed by atoms with E-state index in [2.05, 4.69) is 0 Å². The van der Waals surface area contributed by atoms with E-state index in [0.29, 0.717) is 0 Å². The number of aliphatic carboxylic acids is 2. The van der Waals surface area contributed by atoms with Crippen LogP contribution in [0.5, 0.6) is 0 Å². The standard InChI is InChI=1S/C4H6O6.H2O/c5-1(3(7)8)2(6)4(9)10;/h1-2,5-6H,(H,7,8)(H,9,10);1H2/t1-,2-;/m0./s1. The topological polar surface area (TPSA) is 147 Å². The molecule has 11 heavy (non-hydrogen) atoms. The van der Waals surface area contributed by atoms with Gasteiger partial charge in [-0.1, -0.05) is 0 Å². The Morgan fingerprint density at radius 1 is 0.909 bits per heavy atom. The maximum atomic E-state index is 9.77. The number of carboxylic acid groups (broad SMARTS) is 2. The zero-order valence-electron chi connectivity index (χ0n) is 5.26. The van der Waals surface area contributed by atoms with Crippen LogP contribution in [0.25, 0.3) is 0 Å². The highest BCUT2D eigenvalue weighted by Crippen LogP contribution is 1.92. The molecule has 0 aliphatic heterocycles. The molecule has 7 nitrogen and oxygen atoms in total. The molecule has 2 atom stereocenters. The van der Waals surface area contributed by atoms with E-state index >= 15 is 0 Å². The monoisotopic (exact) mass is 168 g/mol. The Balaban J connectivity index is 0. The van der Waals surface area contributed by atoms with E-state index in [1.54, 1.807) is 0 Å². The van der Waals surface area contributed by atoms with Gasteiger partial charge in [0.15, 0.2) is 12.2 Å². The minimum absolute atomic E-state index is 0. The summed E-state index contributed by atoms with van der Waals surface area (Å²) in [6.45, 7) is 0. The third kappa shape index (κ3) is 3.50. The maximum absolute atomic E-state index is 9.77. The molecule has 0 saturated carbocycles. The molecule has 0 spiro atoms. The highest BCUT2D eigenvalue weighted by atomic mass is 16.4. The average Bonchev–Trinajstić information content (AvgIpc) is 1.84. The first-order valence-corrected chi connectivity index (χ1v) is 2.28. The van der Waals surface area contributed by atoms with Crippen LogP contribution in [-0.4, -0.2) is 50.0 Å². The summed E-state index contributed by atoms with van der Waals surface area (Å²) >= 11 is 0. The first kappa shape index (κ1) is 12.5. The summed E-state index contributed by atoms with van der Waals surface area (Å²) < 4.78 is 0. The molecule has 6 N–H and O–H groups in total. The largest absolute Gasteiger partial charge is 0.479 e. The summed E-state index contributed by atoms with van der Waals surface area (Å²) in [5, 5.41) is 32.5. The zero-order valence-corrected chi connectivity index (χ0v) is 5.26. The van der Waals surface area contributed by atoms with Crippen LogP contribution in [-0.2, 0) is 9.59 Å². The second-order valence-corrected chi connectivity index (χ2v) is 1.57. The summed E-state index contributed by atoms with van der Waals surface area (Å²) in [6.07, 6.45) is -4.53. The fourth-order valence-electron chi connectivity index (χ4n) is 0.270. The Labute approximate surface area is 60.8 Å². The maximum Gasteiger partial charge on any atom is 0.335 e. The van der Waals surface area contributed by atoms with Crippen molar-refractivity contribution in [3.05, 3.63) is 0 Å². The van der Waals surface area contributed by atoms with Crippen LogP contribution >= 0.6 is 0 Å². The molecule has 0 aliphatic rings. The zero-order chi connectivity index (χ0) is 8.31. The molecule has 0 amide bonds. The van der Waals surface area contributed by atoms with Gasteiger partial charge in [-0.2, -0.15) is 0 Å². The number of carbonyl (C=O) groups is 2. The molecular formula is C4H8O7. The Bertz CT molecular complexity index is 135. The van der Waals surface area contributed by atoms with Gasteiger partial charge < -0.3 is 25.9 Å². The van der Waals surface area contributed by atoms with Crippen LogP contribution in [0.4, 0.5) is 0 Å². The SMILES string of the molecule is O.O=C(O)[C@@H](O)[C@H](O)C(=O)O. The van der Waals surface area contributed by atoms with Crippen LogP contribution in [0.3, 0.4) is 0 Å². The number of hydrogen-bond donors (Lipinski definition) is 4. The lowest BCUT2D eigenvalue weighted by Gasteiger charge is -2.07. The average molecular weight is 168 g/mol. The Kier molecular flexibility index (Phi) is 5.23. The normalized spacial score (nSPS) is 14.4. The quantitative estimate of drug-likeness (QED) is 0.354. The van der Waals surface area contributed by atoms with Crippen molar-refractivity contribution in [1.82, 2.24) is 0 Å². The van der Waals surface area contributed by atoms with Gasteiger partial charge in [0, 0.05) is 0 Å². The summed E-state index contributed by atoms with van der Waals surface area (Å²) in [6, 6.07) is 0. The number of rotatable bonds is 3. The van der Waals surface area contributed by atoms with Crippen molar-refractivity contribution in [1.29, 1.82) is 0 Å². The van der Waals surface area contributed by atoms with E-state index in [-0.39, 0.29) is 5.48 Å². The van der Waals surface area contributed by atoms with Crippen molar-refractivity contribution < 1.29 is 35.5 Å². The van der Waals surface area contributed by atoms with E-state index in [0.717, 1.165) is 0 Å². The van der Waals surface area contributed by atoms with Crippen molar-refractivity contribution in [3.8, 4) is 0 Å². The lowest BCUT2D eigenvalue weighted by atomic mass is 10.2. The molecule has 0 aromatic rings. The molecule has 0 aromatic heterocycles. The number of aliphatic hydroxyl groups excluding tert-OH is 2. The highest BCUT2D eigenvalue weighted by Gasteiger charge is 2.29. The third-order valence-electron chi connectivity index (χ3n) is 0.805. The van der Waals surface area contributed by atoms with Crippen molar-refractivity contribution in [3.63, 3.8) is 0 Å². The number of hydrogen-bond acceptors (Lipinski definition) is 4. The summed E-state index contributed by atoms with van der Waals surface area (Å²) in [4.78, 5) is 19.5. The summed E-state index contributed by atoms with van der Waals surface area (Å²) in [5.74, 6) is -3.54. The highest BCUT2D eigenvalue weighted by molar-refractivity contribution is 5.82. The minimum Gasteiger partial charge on any atom is -0.479 e. The molecule has 0 aromatic carbocycles. The first-order chi connectivity index (χ1) is 4.46. The van der Waals surface area contributed by atoms with Crippen LogP contribution in [0.1, 0.15) is 0 Å². The molecular weight excluding hydrogens is 160 g/mol. The summed E-state index contributed by atoms with van der Waals surface area (Å²) in [7, 11) is 0. The van der Waals surface area contributed by atoms with Gasteiger partial charge in [-0.15, -0.1) is 0 Å². The van der Waals surface area contributed by atoms with Gasteiger partial charge >= 0.3 is 11.9 Å². The van der Waals surface area contributed by atoms with Gasteiger partial charge in [-0.25, -0.2) is 9.59 Å². The Morgan fingerprint density at radius 2 is 1.09 bits per heavy atom. The molecule has 66 valence electrons. The van der Waals surface area contributed by atoms with E-state index < -0.39 is 24.1 Å². The van der Waals surface area contributed by atoms with Gasteiger partial charge in [0.2, 0.25) is 0 Å². The van der Waals surface area contributed by atoms with Gasteiger partial charge in [-0.3, -0.25) is 0 Å². The lowest BCUT2D eigenvalue weighted by molar-refractivity contribution is -0.165. The smallest absolute Gasteiger partial charge is 0.335 e. The van der Waals surface area contributed by atoms with E-state index in [9.17, 15) is 9.59 Å². The van der Waals surface area contributed by atoms with E-state index in [4.69, 9.17) is 20.4 Å². The predicted molar refractivity (Wildman–Crippen MR) is 30.9 cm³/mol. The van der Waals surface area contributed by atoms with E-state index in [1.165, 1.54) is 0 Å². The third-order valence-corrected chi connectivity index (χ3v) is 0.805. The molecule has 0 rings (SSSR count). The summed E-state index contributed by atoms with van der Waals surface area (Å²) in [5.41, 5.74) is 0. The molecule has 7 heteroatoms. The van der Waals surface area contributed by atoms with Crippen LogP contribution < -0.4 is 0 Å². The molecule has 0 bridgehead atoms. The predicted octanol–water partition coefficient (Wildman–Crippen LogP) is -2.95. The van der Waals surface area contributed by atoms with Crippen molar-refractivity contribution in [2.75, 3.05) is 0 Å². The van der Waals surface area contributed by atoms with Crippen molar-refractivity contribution >= 4 is 11.9 Å². The second kappa shape index (κ2) is 4.61. The molecule has 0 radical (unpaired) electrons. The Morgan fingerprint density at radius 3 is 1.18 bits per heavy atom. The second-order valence-electron chi connectivity index (χ2n) is 1.57. The molecule has 0 unspecified atom stereocenters. The Hall–Kier alpha value is -1.18. The fourth-order valence-corrected chi connectivity index (χ4v) is 0.270. The number of aliphatic hydroxyl groups is 2. The van der Waals surface area contributed by atoms with Gasteiger partial charge in [0.05, 0.1) is 0 Å². The molecule has 0 heterocycles. The molecule has 0 saturated heterocycles. The van der Waals surface area contributed by atoms with Crippen LogP contribution in [0.15, 0.2) is 0 Å². The van der Waals surface area contributed by atoms with E-state index in [1.807, 2.05) is 0 Å². The molecule has 0 aliphatic carbocycles. The van der Waals surface area contributed by atoms with Gasteiger partial charge in [0.1, 0.15) is 0 Å². The number of carboxylic acids is 2. The van der Waals surface area contributed by atoms with Crippen molar-refractivity contribution in [2.24, 2.45) is 0 Å². The van der Waals surface area contributed by atoms with Gasteiger partial charge in [-0.05, 0) is 0 Å². The minimum atomic E-state index is -2.27. The van der Waals surface area contributed by atoms with Crippen LogP contribution in [0.2, 0.25) is 0 Å². The van der Waals surface area contributed by atoms with Crippen LogP contribution in [0, 0.1) is 0 Å². The molecule has 0 fully saturated rings. The first-order valence-electron chi connectivity index (χ1n) is 2.28.